The number of carbonyl (C=O) groups excluding carboxylic acids is 2. The van der Waals surface area contributed by atoms with Gasteiger partial charge in [0, 0.05) is 36.2 Å². The van der Waals surface area contributed by atoms with Crippen LogP contribution >= 0.6 is 11.8 Å². The molecule has 3 unspecified atom stereocenters. The average Bonchev–Trinajstić information content (AvgIpc) is 3.21. The maximum absolute atomic E-state index is 13.2. The summed E-state index contributed by atoms with van der Waals surface area (Å²) >= 11 is 2.20. The second-order valence-corrected chi connectivity index (χ2v) is 12.0. The lowest BCUT2D eigenvalue weighted by molar-refractivity contribution is -0.162. The number of fused-ring (bicyclic) bond motifs is 1. The Hall–Kier alpha value is -0.590. The second-order valence-electron chi connectivity index (χ2n) is 10.6. The Bertz CT molecular complexity index is 637. The van der Waals surface area contributed by atoms with E-state index in [1.807, 2.05) is 4.90 Å². The number of ketones is 1. The third-order valence-corrected chi connectivity index (χ3v) is 10.5. The minimum Gasteiger partial charge on any atom is -0.380 e. The molecule has 0 radical (unpaired) electrons. The highest BCUT2D eigenvalue weighted by Gasteiger charge is 2.46. The number of piperidine rings is 1. The standard InChI is InChI=1S/C24H38N2O3S/c27-21(17-10-14-26(15-11-17)23(28)24(29)12-3-13-24)16-6-8-18(9-7-16)22-25-19-4-1-2-5-20(19)30-22/h16-20,22,25,29H,1-15H2. The lowest BCUT2D eigenvalue weighted by Gasteiger charge is -2.42. The minimum absolute atomic E-state index is 0.0951. The quantitative estimate of drug-likeness (QED) is 0.709. The number of aliphatic hydroxyl groups is 1. The van der Waals surface area contributed by atoms with E-state index in [1.54, 1.807) is 0 Å². The molecule has 2 N–H and O–H groups in total. The number of nitrogens with one attached hydrogen (secondary N) is 1. The van der Waals surface area contributed by atoms with Gasteiger partial charge in [0.2, 0.25) is 0 Å². The van der Waals surface area contributed by atoms with Crippen LogP contribution in [0.2, 0.25) is 0 Å². The molecule has 5 fully saturated rings. The molecule has 168 valence electrons. The minimum atomic E-state index is -1.10. The first kappa shape index (κ1) is 21.3. The van der Waals surface area contributed by atoms with E-state index in [-0.39, 0.29) is 17.7 Å². The zero-order valence-corrected chi connectivity index (χ0v) is 19.0. The molecule has 2 saturated heterocycles. The van der Waals surface area contributed by atoms with Gasteiger partial charge in [-0.3, -0.25) is 9.59 Å². The smallest absolute Gasteiger partial charge is 0.254 e. The van der Waals surface area contributed by atoms with Gasteiger partial charge in [0.15, 0.2) is 0 Å². The zero-order valence-electron chi connectivity index (χ0n) is 18.2. The van der Waals surface area contributed by atoms with Gasteiger partial charge in [0.25, 0.3) is 5.91 Å². The largest absolute Gasteiger partial charge is 0.380 e. The van der Waals surface area contributed by atoms with Crippen molar-refractivity contribution in [2.75, 3.05) is 13.1 Å². The van der Waals surface area contributed by atoms with Crippen molar-refractivity contribution in [2.24, 2.45) is 17.8 Å². The van der Waals surface area contributed by atoms with E-state index >= 15 is 0 Å². The number of carbonyl (C=O) groups is 2. The molecule has 0 aromatic carbocycles. The molecule has 1 amide bonds. The van der Waals surface area contributed by atoms with Crippen LogP contribution in [-0.4, -0.2) is 57.1 Å². The van der Waals surface area contributed by atoms with Crippen LogP contribution in [0.1, 0.15) is 83.5 Å². The van der Waals surface area contributed by atoms with E-state index in [0.29, 0.717) is 37.1 Å². The van der Waals surface area contributed by atoms with Crippen LogP contribution in [0.4, 0.5) is 0 Å². The first-order valence-electron chi connectivity index (χ1n) is 12.5. The fraction of sp³-hybridized carbons (Fsp3) is 0.917. The molecule has 0 aromatic heterocycles. The molecule has 5 rings (SSSR count). The van der Waals surface area contributed by atoms with Gasteiger partial charge in [-0.15, -0.1) is 11.8 Å². The van der Waals surface area contributed by atoms with E-state index in [1.165, 1.54) is 38.5 Å². The normalized spacial score (nSPS) is 39.2. The Labute approximate surface area is 185 Å². The molecule has 5 nitrogen and oxygen atoms in total. The summed E-state index contributed by atoms with van der Waals surface area (Å²) in [5, 5.41) is 15.7. The number of nitrogens with zero attached hydrogens (tertiary/aromatic N) is 1. The van der Waals surface area contributed by atoms with Crippen LogP contribution in [0.5, 0.6) is 0 Å². The Morgan fingerprint density at radius 3 is 2.17 bits per heavy atom. The molecule has 2 aliphatic heterocycles. The van der Waals surface area contributed by atoms with Crippen molar-refractivity contribution in [1.82, 2.24) is 10.2 Å². The number of likely N-dealkylation sites (tertiary alicyclic amines) is 1. The van der Waals surface area contributed by atoms with E-state index in [4.69, 9.17) is 0 Å². The van der Waals surface area contributed by atoms with Crippen molar-refractivity contribution in [2.45, 2.75) is 106 Å². The summed E-state index contributed by atoms with van der Waals surface area (Å²) in [6, 6.07) is 0.735. The molecular formula is C24H38N2O3S. The van der Waals surface area contributed by atoms with E-state index in [0.717, 1.165) is 49.3 Å². The number of hydrogen-bond donors (Lipinski definition) is 2. The SMILES string of the molecule is O=C(C1CCC(C2NC3CCCCC3S2)CC1)C1CCN(C(=O)C2(O)CCC2)CC1. The Kier molecular flexibility index (Phi) is 6.20. The van der Waals surface area contributed by atoms with Crippen molar-refractivity contribution in [1.29, 1.82) is 0 Å². The van der Waals surface area contributed by atoms with Crippen molar-refractivity contribution in [3.8, 4) is 0 Å². The highest BCUT2D eigenvalue weighted by molar-refractivity contribution is 8.00. The number of amides is 1. The van der Waals surface area contributed by atoms with Gasteiger partial charge < -0.3 is 15.3 Å². The summed E-state index contributed by atoms with van der Waals surface area (Å²) in [4.78, 5) is 27.5. The van der Waals surface area contributed by atoms with Crippen LogP contribution in [0, 0.1) is 17.8 Å². The topological polar surface area (TPSA) is 69.6 Å². The van der Waals surface area contributed by atoms with Gasteiger partial charge in [-0.2, -0.15) is 0 Å². The maximum atomic E-state index is 13.2. The van der Waals surface area contributed by atoms with E-state index in [2.05, 4.69) is 17.1 Å². The van der Waals surface area contributed by atoms with Crippen molar-refractivity contribution in [3.05, 3.63) is 0 Å². The van der Waals surface area contributed by atoms with Crippen LogP contribution in [0.25, 0.3) is 0 Å². The summed E-state index contributed by atoms with van der Waals surface area (Å²) in [6.45, 7) is 1.27. The van der Waals surface area contributed by atoms with Gasteiger partial charge in [-0.05, 0) is 76.5 Å². The predicted molar refractivity (Wildman–Crippen MR) is 119 cm³/mol. The molecule has 30 heavy (non-hydrogen) atoms. The predicted octanol–water partition coefficient (Wildman–Crippen LogP) is 3.49. The lowest BCUT2D eigenvalue weighted by atomic mass is 9.74. The van der Waals surface area contributed by atoms with Gasteiger partial charge in [-0.1, -0.05) is 12.8 Å². The Balaban J connectivity index is 1.07. The summed E-state index contributed by atoms with van der Waals surface area (Å²) in [5.41, 5.74) is -1.10. The summed E-state index contributed by atoms with van der Waals surface area (Å²) in [6.07, 6.45) is 13.7. The molecule has 3 atom stereocenters. The number of rotatable bonds is 4. The van der Waals surface area contributed by atoms with Crippen LogP contribution < -0.4 is 5.32 Å². The third kappa shape index (κ3) is 4.09. The molecule has 3 saturated carbocycles. The summed E-state index contributed by atoms with van der Waals surface area (Å²) in [5.74, 6) is 1.45. The Morgan fingerprint density at radius 2 is 1.53 bits per heavy atom. The van der Waals surface area contributed by atoms with Gasteiger partial charge in [0.05, 0.1) is 5.37 Å². The first-order chi connectivity index (χ1) is 14.5. The van der Waals surface area contributed by atoms with Crippen molar-refractivity contribution >= 4 is 23.5 Å². The fourth-order valence-corrected chi connectivity index (χ4v) is 8.39. The summed E-state index contributed by atoms with van der Waals surface area (Å²) in [7, 11) is 0. The van der Waals surface area contributed by atoms with Crippen molar-refractivity contribution in [3.63, 3.8) is 0 Å². The lowest BCUT2D eigenvalue weighted by Crippen LogP contribution is -2.55. The van der Waals surface area contributed by atoms with E-state index in [9.17, 15) is 14.7 Å². The first-order valence-corrected chi connectivity index (χ1v) is 13.4. The highest BCUT2D eigenvalue weighted by Crippen LogP contribution is 2.44. The number of hydrogen-bond acceptors (Lipinski definition) is 5. The zero-order chi connectivity index (χ0) is 20.7. The van der Waals surface area contributed by atoms with E-state index < -0.39 is 5.60 Å². The third-order valence-electron chi connectivity index (χ3n) is 8.77. The van der Waals surface area contributed by atoms with Gasteiger partial charge in [-0.25, -0.2) is 0 Å². The number of Topliss-reactive ketones (excluding diaryl/α,β-unsaturated/α-hetero) is 1. The molecule has 5 aliphatic rings. The number of thioether (sulfide) groups is 1. The van der Waals surface area contributed by atoms with Crippen LogP contribution in [0.3, 0.4) is 0 Å². The highest BCUT2D eigenvalue weighted by atomic mass is 32.2. The van der Waals surface area contributed by atoms with Gasteiger partial charge >= 0.3 is 0 Å². The second kappa shape index (κ2) is 8.74. The van der Waals surface area contributed by atoms with Gasteiger partial charge in [0.1, 0.15) is 11.4 Å². The molecule has 6 heteroatoms. The molecule has 3 aliphatic carbocycles. The molecule has 0 bridgehead atoms. The van der Waals surface area contributed by atoms with Crippen LogP contribution in [0.15, 0.2) is 0 Å². The Morgan fingerprint density at radius 1 is 0.867 bits per heavy atom. The molecule has 0 spiro atoms. The molecule has 2 heterocycles. The summed E-state index contributed by atoms with van der Waals surface area (Å²) < 4.78 is 0. The average molecular weight is 435 g/mol. The van der Waals surface area contributed by atoms with Crippen LogP contribution in [-0.2, 0) is 9.59 Å². The van der Waals surface area contributed by atoms with Crippen molar-refractivity contribution < 1.29 is 14.7 Å². The maximum Gasteiger partial charge on any atom is 0.254 e. The molecule has 0 aromatic rings. The monoisotopic (exact) mass is 434 g/mol. The fourth-order valence-electron chi connectivity index (χ4n) is 6.56. The molecular weight excluding hydrogens is 396 g/mol.